The highest BCUT2D eigenvalue weighted by Crippen LogP contribution is 2.02. The summed E-state index contributed by atoms with van der Waals surface area (Å²) in [5.74, 6) is -0.890. The summed E-state index contributed by atoms with van der Waals surface area (Å²) in [7, 11) is 0. The van der Waals surface area contributed by atoms with Crippen LogP contribution in [0.25, 0.3) is 0 Å². The normalized spacial score (nSPS) is 33.7. The van der Waals surface area contributed by atoms with Gasteiger partial charge in [0.15, 0.2) is 6.10 Å². The number of carboxylic acids is 1. The van der Waals surface area contributed by atoms with E-state index in [4.69, 9.17) is 9.84 Å². The highest BCUT2D eigenvalue weighted by atomic mass is 16.5. The van der Waals surface area contributed by atoms with Gasteiger partial charge in [0, 0.05) is 13.1 Å². The van der Waals surface area contributed by atoms with Crippen LogP contribution in [0.4, 0.5) is 0 Å². The monoisotopic (exact) mass is 145 g/mol. The van der Waals surface area contributed by atoms with Crippen LogP contribution in [0.15, 0.2) is 0 Å². The maximum atomic E-state index is 10.3. The van der Waals surface area contributed by atoms with Gasteiger partial charge in [-0.1, -0.05) is 0 Å². The summed E-state index contributed by atoms with van der Waals surface area (Å²) >= 11 is 0. The Bertz CT molecular complexity index is 137. The number of carboxylic acid groups (broad SMARTS) is 1. The van der Waals surface area contributed by atoms with E-state index in [-0.39, 0.29) is 6.10 Å². The van der Waals surface area contributed by atoms with E-state index in [1.807, 2.05) is 6.92 Å². The van der Waals surface area contributed by atoms with Crippen molar-refractivity contribution in [2.24, 2.45) is 0 Å². The van der Waals surface area contributed by atoms with Gasteiger partial charge in [0.05, 0.1) is 6.10 Å². The quantitative estimate of drug-likeness (QED) is 0.519. The minimum Gasteiger partial charge on any atom is -0.479 e. The first-order valence-electron chi connectivity index (χ1n) is 3.29. The van der Waals surface area contributed by atoms with Crippen LogP contribution in [0.1, 0.15) is 6.92 Å². The van der Waals surface area contributed by atoms with Gasteiger partial charge in [0.2, 0.25) is 0 Å². The van der Waals surface area contributed by atoms with E-state index in [1.54, 1.807) is 0 Å². The van der Waals surface area contributed by atoms with Crippen molar-refractivity contribution in [2.75, 3.05) is 13.1 Å². The maximum Gasteiger partial charge on any atom is 0.334 e. The Morgan fingerprint density at radius 3 is 2.80 bits per heavy atom. The fraction of sp³-hybridized carbons (Fsp3) is 0.833. The number of hydrogen-bond donors (Lipinski definition) is 2. The average molecular weight is 145 g/mol. The number of hydrogen-bond acceptors (Lipinski definition) is 3. The van der Waals surface area contributed by atoms with E-state index in [1.165, 1.54) is 0 Å². The number of rotatable bonds is 1. The summed E-state index contributed by atoms with van der Waals surface area (Å²) in [6.07, 6.45) is -0.654. The second kappa shape index (κ2) is 2.98. The summed E-state index contributed by atoms with van der Waals surface area (Å²) < 4.78 is 5.09. The number of nitrogens with one attached hydrogen (secondary N) is 1. The van der Waals surface area contributed by atoms with Crippen LogP contribution in [-0.4, -0.2) is 36.4 Å². The van der Waals surface area contributed by atoms with Crippen LogP contribution in [0, 0.1) is 0 Å². The third-order valence-corrected chi connectivity index (χ3v) is 1.43. The minimum atomic E-state index is -0.890. The lowest BCUT2D eigenvalue weighted by molar-refractivity contribution is -0.156. The topological polar surface area (TPSA) is 58.6 Å². The maximum absolute atomic E-state index is 10.3. The molecule has 1 fully saturated rings. The molecule has 0 aliphatic carbocycles. The smallest absolute Gasteiger partial charge is 0.334 e. The highest BCUT2D eigenvalue weighted by molar-refractivity contribution is 5.72. The van der Waals surface area contributed by atoms with Crippen LogP contribution in [0.5, 0.6) is 0 Å². The molecular weight excluding hydrogens is 134 g/mol. The van der Waals surface area contributed by atoms with E-state index in [0.29, 0.717) is 6.54 Å². The van der Waals surface area contributed by atoms with Gasteiger partial charge in [0.25, 0.3) is 0 Å². The molecule has 4 nitrogen and oxygen atoms in total. The largest absolute Gasteiger partial charge is 0.479 e. The van der Waals surface area contributed by atoms with E-state index < -0.39 is 12.1 Å². The van der Waals surface area contributed by atoms with Crippen molar-refractivity contribution in [2.45, 2.75) is 19.1 Å². The van der Waals surface area contributed by atoms with Crippen LogP contribution in [0.3, 0.4) is 0 Å². The molecule has 2 N–H and O–H groups in total. The number of carbonyl (C=O) groups is 1. The van der Waals surface area contributed by atoms with E-state index in [0.717, 1.165) is 6.54 Å². The molecule has 10 heavy (non-hydrogen) atoms. The van der Waals surface area contributed by atoms with Crippen molar-refractivity contribution in [1.82, 2.24) is 5.32 Å². The molecular formula is C6H11NO3. The Kier molecular flexibility index (Phi) is 2.24. The number of aliphatic carboxylic acids is 1. The third kappa shape index (κ3) is 1.68. The van der Waals surface area contributed by atoms with Crippen LogP contribution >= 0.6 is 0 Å². The number of ether oxygens (including phenoxy) is 1. The van der Waals surface area contributed by atoms with Gasteiger partial charge in [-0.2, -0.15) is 0 Å². The third-order valence-electron chi connectivity index (χ3n) is 1.43. The molecule has 2 atom stereocenters. The first kappa shape index (κ1) is 7.50. The Balaban J connectivity index is 2.39. The molecule has 1 aliphatic heterocycles. The molecule has 0 saturated carbocycles. The first-order chi connectivity index (χ1) is 4.70. The van der Waals surface area contributed by atoms with E-state index >= 15 is 0 Å². The molecule has 58 valence electrons. The minimum absolute atomic E-state index is 0.00912. The van der Waals surface area contributed by atoms with Gasteiger partial charge < -0.3 is 15.2 Å². The van der Waals surface area contributed by atoms with Crippen LogP contribution in [0.2, 0.25) is 0 Å². The number of morpholine rings is 1. The zero-order chi connectivity index (χ0) is 7.56. The fourth-order valence-electron chi connectivity index (χ4n) is 0.940. The van der Waals surface area contributed by atoms with E-state index in [9.17, 15) is 4.79 Å². The Morgan fingerprint density at radius 2 is 2.40 bits per heavy atom. The van der Waals surface area contributed by atoms with Crippen molar-refractivity contribution in [3.8, 4) is 0 Å². The van der Waals surface area contributed by atoms with Gasteiger partial charge in [0.1, 0.15) is 0 Å². The molecule has 0 aromatic carbocycles. The summed E-state index contributed by atoms with van der Waals surface area (Å²) in [6.45, 7) is 3.01. The molecule has 1 unspecified atom stereocenters. The average Bonchev–Trinajstić information content (AvgIpc) is 1.88. The molecule has 1 heterocycles. The first-order valence-corrected chi connectivity index (χ1v) is 3.29. The standard InChI is InChI=1S/C6H11NO3/c1-4-2-7-3-5(10-4)6(8)9/h4-5,7H,2-3H2,1H3,(H,8,9)/t4-,5?/m1/s1. The lowest BCUT2D eigenvalue weighted by Crippen LogP contribution is -2.46. The summed E-state index contributed by atoms with van der Waals surface area (Å²) in [4.78, 5) is 10.3. The van der Waals surface area contributed by atoms with Crippen molar-refractivity contribution in [3.63, 3.8) is 0 Å². The lowest BCUT2D eigenvalue weighted by Gasteiger charge is -2.25. The summed E-state index contributed by atoms with van der Waals surface area (Å²) in [6, 6.07) is 0. The fourth-order valence-corrected chi connectivity index (χ4v) is 0.940. The van der Waals surface area contributed by atoms with Crippen LogP contribution < -0.4 is 5.32 Å². The van der Waals surface area contributed by atoms with Gasteiger partial charge in [-0.05, 0) is 6.92 Å². The lowest BCUT2D eigenvalue weighted by atomic mass is 10.2. The SMILES string of the molecule is C[C@@H]1CNCC(C(=O)O)O1. The molecule has 1 rings (SSSR count). The molecule has 1 aliphatic rings. The van der Waals surface area contributed by atoms with E-state index in [2.05, 4.69) is 5.32 Å². The predicted molar refractivity (Wildman–Crippen MR) is 34.8 cm³/mol. The molecule has 4 heteroatoms. The van der Waals surface area contributed by atoms with Gasteiger partial charge >= 0.3 is 5.97 Å². The Labute approximate surface area is 59.2 Å². The second-order valence-electron chi connectivity index (χ2n) is 2.43. The van der Waals surface area contributed by atoms with Crippen molar-refractivity contribution in [1.29, 1.82) is 0 Å². The van der Waals surface area contributed by atoms with Gasteiger partial charge in [-0.25, -0.2) is 4.79 Å². The summed E-state index contributed by atoms with van der Waals surface area (Å²) in [5.41, 5.74) is 0. The van der Waals surface area contributed by atoms with Crippen molar-refractivity contribution >= 4 is 5.97 Å². The molecule has 0 spiro atoms. The van der Waals surface area contributed by atoms with Crippen molar-refractivity contribution < 1.29 is 14.6 Å². The summed E-state index contributed by atoms with van der Waals surface area (Å²) in [5, 5.41) is 11.5. The molecule has 0 radical (unpaired) electrons. The van der Waals surface area contributed by atoms with Gasteiger partial charge in [-0.3, -0.25) is 0 Å². The van der Waals surface area contributed by atoms with Crippen molar-refractivity contribution in [3.05, 3.63) is 0 Å². The Morgan fingerprint density at radius 1 is 1.70 bits per heavy atom. The molecule has 0 aromatic heterocycles. The Hall–Kier alpha value is -0.610. The predicted octanol–water partition coefficient (Wildman–Crippen LogP) is -0.552. The molecule has 1 saturated heterocycles. The van der Waals surface area contributed by atoms with Gasteiger partial charge in [-0.15, -0.1) is 0 Å². The van der Waals surface area contributed by atoms with Crippen LogP contribution in [-0.2, 0) is 9.53 Å². The molecule has 0 amide bonds. The molecule has 0 aromatic rings. The zero-order valence-corrected chi connectivity index (χ0v) is 5.83. The highest BCUT2D eigenvalue weighted by Gasteiger charge is 2.24. The zero-order valence-electron chi connectivity index (χ0n) is 5.83. The second-order valence-corrected chi connectivity index (χ2v) is 2.43. The molecule has 0 bridgehead atoms.